The monoisotopic (exact) mass is 233 g/mol. The van der Waals surface area contributed by atoms with Gasteiger partial charge in [0, 0.05) is 16.9 Å². The Labute approximate surface area is 102 Å². The van der Waals surface area contributed by atoms with Crippen molar-refractivity contribution < 1.29 is 0 Å². The molecule has 0 fully saturated rings. The molecule has 0 aliphatic carbocycles. The Morgan fingerprint density at radius 1 is 1.31 bits per heavy atom. The van der Waals surface area contributed by atoms with Gasteiger partial charge in [0.2, 0.25) is 0 Å². The predicted molar refractivity (Wildman–Crippen MR) is 74.2 cm³/mol. The smallest absolute Gasteiger partial charge is 0.0671 e. The second-order valence-electron chi connectivity index (χ2n) is 4.60. The molecule has 2 heteroatoms. The van der Waals surface area contributed by atoms with Crippen molar-refractivity contribution in [1.29, 1.82) is 0 Å². The first kappa shape index (κ1) is 11.7. The van der Waals surface area contributed by atoms with Crippen LogP contribution in [0.4, 0.5) is 5.69 Å². The Kier molecular flexibility index (Phi) is 3.38. The molecule has 1 heterocycles. The van der Waals surface area contributed by atoms with Crippen LogP contribution in [-0.4, -0.2) is 17.2 Å². The summed E-state index contributed by atoms with van der Waals surface area (Å²) in [4.78, 5) is 4.69. The summed E-state index contributed by atoms with van der Waals surface area (Å²) < 4.78 is 0. The van der Waals surface area contributed by atoms with E-state index in [1.165, 1.54) is 29.1 Å². The molecule has 0 aromatic heterocycles. The normalized spacial score (nSPS) is 23.1. The highest BCUT2D eigenvalue weighted by atomic mass is 32.2. The molecule has 0 bridgehead atoms. The molecule has 1 aliphatic rings. The van der Waals surface area contributed by atoms with Crippen LogP contribution in [0.3, 0.4) is 0 Å². The Hall–Kier alpha value is -0.760. The number of thioether (sulfide) groups is 1. The molecule has 1 aliphatic heterocycles. The van der Waals surface area contributed by atoms with Crippen LogP contribution in [0, 0.1) is 0 Å². The van der Waals surface area contributed by atoms with E-state index < -0.39 is 0 Å². The Morgan fingerprint density at radius 2 is 2.06 bits per heavy atom. The topological polar surface area (TPSA) is 12.4 Å². The van der Waals surface area contributed by atoms with Gasteiger partial charge in [-0.2, -0.15) is 11.8 Å². The van der Waals surface area contributed by atoms with Gasteiger partial charge >= 0.3 is 0 Å². The number of nitrogens with zero attached hydrogens (tertiary/aromatic N) is 1. The number of fused-ring (bicyclic) bond motifs is 1. The number of benzene rings is 1. The van der Waals surface area contributed by atoms with Crippen molar-refractivity contribution in [3.63, 3.8) is 0 Å². The van der Waals surface area contributed by atoms with Gasteiger partial charge in [-0.05, 0) is 37.7 Å². The van der Waals surface area contributed by atoms with Crippen molar-refractivity contribution >= 4 is 23.2 Å². The van der Waals surface area contributed by atoms with Gasteiger partial charge in [0.15, 0.2) is 0 Å². The number of hydrogen-bond acceptors (Lipinski definition) is 2. The molecule has 1 unspecified atom stereocenters. The summed E-state index contributed by atoms with van der Waals surface area (Å²) >= 11 is 2.04. The fourth-order valence-electron chi connectivity index (χ4n) is 2.14. The molecule has 2 rings (SSSR count). The predicted octanol–water partition coefficient (Wildman–Crippen LogP) is 4.19. The molecule has 1 aromatic rings. The zero-order valence-electron chi connectivity index (χ0n) is 10.3. The third kappa shape index (κ3) is 1.91. The number of para-hydroxylation sites is 1. The summed E-state index contributed by atoms with van der Waals surface area (Å²) in [6, 6.07) is 8.53. The van der Waals surface area contributed by atoms with Gasteiger partial charge < -0.3 is 0 Å². The minimum atomic E-state index is 0.149. The lowest BCUT2D eigenvalue weighted by molar-refractivity contribution is 0.746. The third-order valence-electron chi connectivity index (χ3n) is 3.32. The summed E-state index contributed by atoms with van der Waals surface area (Å²) in [5.74, 6) is 2.39. The van der Waals surface area contributed by atoms with Crippen molar-refractivity contribution in [2.75, 3.05) is 11.5 Å². The van der Waals surface area contributed by atoms with Gasteiger partial charge in [0.25, 0.3) is 0 Å². The summed E-state index contributed by atoms with van der Waals surface area (Å²) in [7, 11) is 0. The highest BCUT2D eigenvalue weighted by Crippen LogP contribution is 2.41. The first-order valence-electron chi connectivity index (χ1n) is 5.91. The highest BCUT2D eigenvalue weighted by Gasteiger charge is 2.36. The van der Waals surface area contributed by atoms with Gasteiger partial charge in [0.1, 0.15) is 0 Å². The van der Waals surface area contributed by atoms with Crippen LogP contribution in [0.2, 0.25) is 0 Å². The largest absolute Gasteiger partial charge is 0.257 e. The lowest BCUT2D eigenvalue weighted by Crippen LogP contribution is -2.30. The van der Waals surface area contributed by atoms with Gasteiger partial charge in [-0.1, -0.05) is 25.1 Å². The molecule has 0 spiro atoms. The molecule has 0 radical (unpaired) electrons. The Bertz CT molecular complexity index is 411. The molecule has 1 nitrogen and oxygen atoms in total. The molecule has 0 saturated carbocycles. The first-order chi connectivity index (χ1) is 7.68. The van der Waals surface area contributed by atoms with Crippen LogP contribution in [0.5, 0.6) is 0 Å². The SMILES string of the molecule is CCCSCC1(C)C(C)=Nc2ccccc21. The zero-order valence-corrected chi connectivity index (χ0v) is 11.1. The van der Waals surface area contributed by atoms with E-state index in [-0.39, 0.29) is 5.41 Å². The second kappa shape index (κ2) is 4.62. The zero-order chi connectivity index (χ0) is 11.6. The van der Waals surface area contributed by atoms with Crippen molar-refractivity contribution in [3.8, 4) is 0 Å². The molecule has 0 saturated heterocycles. The van der Waals surface area contributed by atoms with E-state index in [1.807, 2.05) is 11.8 Å². The first-order valence-corrected chi connectivity index (χ1v) is 7.07. The van der Waals surface area contributed by atoms with E-state index in [2.05, 4.69) is 50.0 Å². The van der Waals surface area contributed by atoms with E-state index in [1.54, 1.807) is 0 Å². The van der Waals surface area contributed by atoms with Crippen LogP contribution in [0.1, 0.15) is 32.8 Å². The Balaban J connectivity index is 2.24. The lowest BCUT2D eigenvalue weighted by atomic mass is 9.82. The maximum absolute atomic E-state index is 4.69. The van der Waals surface area contributed by atoms with Crippen molar-refractivity contribution in [3.05, 3.63) is 29.8 Å². The minimum Gasteiger partial charge on any atom is -0.257 e. The average molecular weight is 233 g/mol. The fourth-order valence-corrected chi connectivity index (χ4v) is 3.35. The van der Waals surface area contributed by atoms with Gasteiger partial charge in [0.05, 0.1) is 5.69 Å². The number of rotatable bonds is 4. The quantitative estimate of drug-likeness (QED) is 0.710. The Morgan fingerprint density at radius 3 is 2.81 bits per heavy atom. The minimum absolute atomic E-state index is 0.149. The third-order valence-corrected chi connectivity index (χ3v) is 4.80. The van der Waals surface area contributed by atoms with Crippen molar-refractivity contribution in [2.24, 2.45) is 4.99 Å². The maximum Gasteiger partial charge on any atom is 0.0671 e. The molecule has 0 amide bonds. The summed E-state index contributed by atoms with van der Waals surface area (Å²) in [6.07, 6.45) is 1.25. The standard InChI is InChI=1S/C14H19NS/c1-4-9-16-10-14(3)11(2)15-13-8-6-5-7-12(13)14/h5-8H,4,9-10H2,1-3H3. The van der Waals surface area contributed by atoms with Crippen molar-refractivity contribution in [1.82, 2.24) is 0 Å². The van der Waals surface area contributed by atoms with E-state index in [4.69, 9.17) is 0 Å². The van der Waals surface area contributed by atoms with Crippen LogP contribution in [0.15, 0.2) is 29.3 Å². The molecule has 1 atom stereocenters. The van der Waals surface area contributed by atoms with Crippen LogP contribution >= 0.6 is 11.8 Å². The molecule has 16 heavy (non-hydrogen) atoms. The maximum atomic E-state index is 4.69. The van der Waals surface area contributed by atoms with Crippen LogP contribution < -0.4 is 0 Å². The van der Waals surface area contributed by atoms with Crippen LogP contribution in [-0.2, 0) is 5.41 Å². The second-order valence-corrected chi connectivity index (χ2v) is 5.70. The van der Waals surface area contributed by atoms with Crippen molar-refractivity contribution in [2.45, 2.75) is 32.6 Å². The molecular weight excluding hydrogens is 214 g/mol. The summed E-state index contributed by atoms with van der Waals surface area (Å²) in [5.41, 5.74) is 3.98. The van der Waals surface area contributed by atoms with Gasteiger partial charge in [-0.15, -0.1) is 0 Å². The van der Waals surface area contributed by atoms with Crippen LogP contribution in [0.25, 0.3) is 0 Å². The molecule has 1 aromatic carbocycles. The highest BCUT2D eigenvalue weighted by molar-refractivity contribution is 7.99. The van der Waals surface area contributed by atoms with E-state index >= 15 is 0 Å². The van der Waals surface area contributed by atoms with E-state index in [9.17, 15) is 0 Å². The summed E-state index contributed by atoms with van der Waals surface area (Å²) in [6.45, 7) is 6.71. The van der Waals surface area contributed by atoms with E-state index in [0.29, 0.717) is 0 Å². The summed E-state index contributed by atoms with van der Waals surface area (Å²) in [5, 5.41) is 0. The van der Waals surface area contributed by atoms with E-state index in [0.717, 1.165) is 5.75 Å². The average Bonchev–Trinajstić information content (AvgIpc) is 2.53. The molecule has 0 N–H and O–H groups in total. The molecular formula is C14H19NS. The fraction of sp³-hybridized carbons (Fsp3) is 0.500. The lowest BCUT2D eigenvalue weighted by Gasteiger charge is -2.25. The number of aliphatic imine (C=N–C) groups is 1. The number of hydrogen-bond donors (Lipinski definition) is 0. The van der Waals surface area contributed by atoms with Gasteiger partial charge in [-0.3, -0.25) is 4.99 Å². The molecule has 86 valence electrons. The van der Waals surface area contributed by atoms with Gasteiger partial charge in [-0.25, -0.2) is 0 Å².